The van der Waals surface area contributed by atoms with Crippen molar-refractivity contribution in [2.45, 2.75) is 69.4 Å². The van der Waals surface area contributed by atoms with Crippen molar-refractivity contribution in [2.75, 3.05) is 13.7 Å². The molecular formula is C28H32F3N3O5. The van der Waals surface area contributed by atoms with Gasteiger partial charge in [0.1, 0.15) is 5.76 Å². The van der Waals surface area contributed by atoms with Gasteiger partial charge in [-0.15, -0.1) is 13.2 Å². The Morgan fingerprint density at radius 1 is 1.18 bits per heavy atom. The van der Waals surface area contributed by atoms with Crippen LogP contribution < -0.4 is 5.32 Å². The largest absolute Gasteiger partial charge is 0.573 e. The maximum Gasteiger partial charge on any atom is 0.573 e. The lowest BCUT2D eigenvalue weighted by Gasteiger charge is -2.22. The smallest absolute Gasteiger partial charge is 0.467 e. The van der Waals surface area contributed by atoms with Crippen molar-refractivity contribution in [3.8, 4) is 0 Å². The van der Waals surface area contributed by atoms with Gasteiger partial charge in [0.25, 0.3) is 5.91 Å². The van der Waals surface area contributed by atoms with Crippen LogP contribution in [0.1, 0.15) is 77.7 Å². The van der Waals surface area contributed by atoms with Gasteiger partial charge in [-0.05, 0) is 55.2 Å². The number of benzene rings is 1. The number of carbonyl (C=O) groups excluding carboxylic acids is 2. The third-order valence-electron chi connectivity index (χ3n) is 7.01. The lowest BCUT2D eigenvalue weighted by atomic mass is 9.86. The Kier molecular flexibility index (Phi) is 9.11. The molecule has 1 aromatic carbocycles. The average molecular weight is 548 g/mol. The molecule has 1 saturated carbocycles. The molecule has 1 unspecified atom stereocenters. The minimum Gasteiger partial charge on any atom is -0.467 e. The average Bonchev–Trinajstić information content (AvgIpc) is 3.35. The molecule has 11 heteroatoms. The molecule has 2 aliphatic rings. The number of allylic oxidation sites excluding steroid dienone is 3. The zero-order chi connectivity index (χ0) is 28.0. The van der Waals surface area contributed by atoms with Crippen LogP contribution in [-0.4, -0.2) is 52.9 Å². The molecule has 2 atom stereocenters. The highest BCUT2D eigenvalue weighted by Gasteiger charge is 2.32. The summed E-state index contributed by atoms with van der Waals surface area (Å²) in [7, 11) is 1.15. The molecule has 1 aromatic heterocycles. The fourth-order valence-electron chi connectivity index (χ4n) is 4.96. The van der Waals surface area contributed by atoms with E-state index in [1.54, 1.807) is 18.2 Å². The van der Waals surface area contributed by atoms with E-state index in [1.807, 2.05) is 16.8 Å². The van der Waals surface area contributed by atoms with Crippen LogP contribution in [0.3, 0.4) is 0 Å². The Bertz CT molecular complexity index is 1210. The van der Waals surface area contributed by atoms with E-state index >= 15 is 0 Å². The van der Waals surface area contributed by atoms with E-state index in [0.29, 0.717) is 24.4 Å². The number of esters is 1. The number of carbonyl (C=O) groups is 2. The molecule has 0 saturated heterocycles. The molecule has 0 bridgehead atoms. The number of nitrogens with zero attached hydrogens (tertiary/aromatic N) is 2. The van der Waals surface area contributed by atoms with E-state index in [9.17, 15) is 27.9 Å². The lowest BCUT2D eigenvalue weighted by molar-refractivity contribution is -0.303. The number of aromatic nitrogens is 2. The molecular weight excluding hydrogens is 515 g/mol. The van der Waals surface area contributed by atoms with Gasteiger partial charge in [-0.25, -0.2) is 4.79 Å². The van der Waals surface area contributed by atoms with E-state index < -0.39 is 24.3 Å². The first-order valence-electron chi connectivity index (χ1n) is 13.0. The van der Waals surface area contributed by atoms with Crippen LogP contribution in [0.4, 0.5) is 13.2 Å². The van der Waals surface area contributed by atoms with E-state index in [4.69, 9.17) is 5.10 Å². The second-order valence-electron chi connectivity index (χ2n) is 9.79. The van der Waals surface area contributed by atoms with Gasteiger partial charge in [0.2, 0.25) is 0 Å². The summed E-state index contributed by atoms with van der Waals surface area (Å²) < 4.78 is 48.1. The van der Waals surface area contributed by atoms with E-state index in [1.165, 1.54) is 18.6 Å². The first kappa shape index (κ1) is 28.4. The summed E-state index contributed by atoms with van der Waals surface area (Å²) in [6.07, 6.45) is 4.28. The minimum atomic E-state index is -4.72. The van der Waals surface area contributed by atoms with Gasteiger partial charge >= 0.3 is 12.3 Å². The Morgan fingerprint density at radius 2 is 1.90 bits per heavy atom. The highest BCUT2D eigenvalue weighted by Crippen LogP contribution is 2.36. The van der Waals surface area contributed by atoms with Gasteiger partial charge in [-0.3, -0.25) is 9.48 Å². The van der Waals surface area contributed by atoms with Crippen LogP contribution in [0, 0.1) is 0 Å². The minimum absolute atomic E-state index is 0.152. The molecule has 0 radical (unpaired) electrons. The van der Waals surface area contributed by atoms with Gasteiger partial charge in [-0.2, -0.15) is 5.10 Å². The molecule has 1 fully saturated rings. The maximum atomic E-state index is 12.5. The Morgan fingerprint density at radius 3 is 2.51 bits per heavy atom. The number of hydrogen-bond donors (Lipinski definition) is 2. The van der Waals surface area contributed by atoms with Crippen LogP contribution >= 0.6 is 0 Å². The molecule has 1 amide bonds. The predicted molar refractivity (Wildman–Crippen MR) is 136 cm³/mol. The molecule has 8 nitrogen and oxygen atoms in total. The van der Waals surface area contributed by atoms with Gasteiger partial charge in [0.05, 0.1) is 25.9 Å². The van der Waals surface area contributed by atoms with E-state index in [-0.39, 0.29) is 18.2 Å². The van der Waals surface area contributed by atoms with Crippen LogP contribution in [0.15, 0.2) is 54.3 Å². The normalized spacial score (nSPS) is 18.8. The monoisotopic (exact) mass is 547 g/mol. The van der Waals surface area contributed by atoms with E-state index in [0.717, 1.165) is 49.7 Å². The third kappa shape index (κ3) is 7.72. The molecule has 0 aliphatic heterocycles. The van der Waals surface area contributed by atoms with Crippen molar-refractivity contribution in [3.63, 3.8) is 0 Å². The molecule has 2 aliphatic carbocycles. The highest BCUT2D eigenvalue weighted by molar-refractivity contribution is 5.94. The quantitative estimate of drug-likeness (QED) is 0.441. The van der Waals surface area contributed by atoms with Crippen LogP contribution in [-0.2, 0) is 20.8 Å². The number of aliphatic hydroxyl groups is 1. The summed E-state index contributed by atoms with van der Waals surface area (Å²) in [5.41, 5.74) is 3.21. The van der Waals surface area contributed by atoms with E-state index in [2.05, 4.69) is 20.9 Å². The fourth-order valence-corrected chi connectivity index (χ4v) is 4.96. The maximum absolute atomic E-state index is 12.5. The number of amides is 1. The highest BCUT2D eigenvalue weighted by atomic mass is 19.4. The molecule has 1 heterocycles. The fraction of sp³-hybridized carbons (Fsp3) is 0.464. The van der Waals surface area contributed by atoms with Gasteiger partial charge in [0.15, 0.2) is 6.10 Å². The Labute approximate surface area is 224 Å². The zero-order valence-corrected chi connectivity index (χ0v) is 21.6. The summed E-state index contributed by atoms with van der Waals surface area (Å²) in [4.78, 5) is 23.7. The second-order valence-corrected chi connectivity index (χ2v) is 9.79. The van der Waals surface area contributed by atoms with Crippen molar-refractivity contribution in [3.05, 3.63) is 76.8 Å². The predicted octanol–water partition coefficient (Wildman–Crippen LogP) is 4.71. The zero-order valence-electron chi connectivity index (χ0n) is 21.6. The van der Waals surface area contributed by atoms with Crippen molar-refractivity contribution in [1.29, 1.82) is 0 Å². The Hall–Kier alpha value is -3.60. The summed E-state index contributed by atoms with van der Waals surface area (Å²) in [6, 6.07) is 9.04. The topological polar surface area (TPSA) is 103 Å². The number of rotatable bonds is 9. The third-order valence-corrected chi connectivity index (χ3v) is 7.01. The number of alkyl halides is 3. The van der Waals surface area contributed by atoms with Crippen molar-refractivity contribution < 1.29 is 37.3 Å². The summed E-state index contributed by atoms with van der Waals surface area (Å²) in [5, 5.41) is 17.0. The number of ether oxygens (including phenoxy) is 2. The van der Waals surface area contributed by atoms with Crippen LogP contribution in [0.25, 0.3) is 0 Å². The van der Waals surface area contributed by atoms with Crippen LogP contribution in [0.5, 0.6) is 0 Å². The number of methoxy groups -OCH3 is 1. The molecule has 0 spiro atoms. The number of hydrogen-bond acceptors (Lipinski definition) is 6. The molecule has 2 aromatic rings. The molecule has 4 rings (SSSR count). The molecule has 210 valence electrons. The first-order valence-corrected chi connectivity index (χ1v) is 13.0. The number of halogens is 3. The van der Waals surface area contributed by atoms with Crippen molar-refractivity contribution in [1.82, 2.24) is 15.1 Å². The second kappa shape index (κ2) is 12.5. The summed E-state index contributed by atoms with van der Waals surface area (Å²) in [6.45, 7) is 0.214. The number of aliphatic hydroxyl groups excluding tert-OH is 1. The lowest BCUT2D eigenvalue weighted by Crippen LogP contribution is -2.37. The van der Waals surface area contributed by atoms with Gasteiger partial charge in [-0.1, -0.05) is 37.5 Å². The number of nitrogens with one attached hydrogen (secondary N) is 1. The van der Waals surface area contributed by atoms with Gasteiger partial charge < -0.3 is 19.9 Å². The summed E-state index contributed by atoms with van der Waals surface area (Å²) in [5.74, 6) is -1.26. The SMILES string of the molecule is COC(=O)[C@H](O)CNC(=O)c1ccc(Cn2nc(C3C=CC(OC(F)(F)F)=CC3)cc2C2CCCCC2)cc1. The van der Waals surface area contributed by atoms with Crippen molar-refractivity contribution >= 4 is 11.9 Å². The molecule has 2 N–H and O–H groups in total. The standard InChI is InChI=1S/C28H32F3N3O5/c1-38-27(37)25(35)16-32-26(36)21-9-7-18(8-10-21)17-34-24(20-5-3-2-4-6-20)15-23(33-34)19-11-13-22(14-12-19)39-28(29,30)31/h7-11,13-15,19-20,25,35H,2-6,12,16-17H2,1H3,(H,32,36)/t19?,25-/m1/s1. The van der Waals surface area contributed by atoms with Crippen molar-refractivity contribution in [2.24, 2.45) is 0 Å². The first-order chi connectivity index (χ1) is 18.6. The molecule has 39 heavy (non-hydrogen) atoms. The van der Waals surface area contributed by atoms with Crippen LogP contribution in [0.2, 0.25) is 0 Å². The summed E-state index contributed by atoms with van der Waals surface area (Å²) >= 11 is 0. The van der Waals surface area contributed by atoms with Gasteiger partial charge in [0, 0.05) is 23.1 Å². The Balaban J connectivity index is 1.46.